The minimum absolute atomic E-state index is 0.231. The fourth-order valence-electron chi connectivity index (χ4n) is 3.30. The van der Waals surface area contributed by atoms with Gasteiger partial charge in [0.2, 0.25) is 0 Å². The molecule has 3 rings (SSSR count). The maximum absolute atomic E-state index is 13.1. The van der Waals surface area contributed by atoms with Crippen LogP contribution in [0.4, 0.5) is 17.6 Å². The van der Waals surface area contributed by atoms with Gasteiger partial charge in [0, 0.05) is 17.9 Å². The van der Waals surface area contributed by atoms with Crippen LogP contribution in [0.25, 0.3) is 0 Å². The normalized spacial score (nSPS) is 11.8. The Bertz CT molecular complexity index is 968. The number of benzene rings is 2. The van der Waals surface area contributed by atoms with Crippen molar-refractivity contribution in [2.45, 2.75) is 45.3 Å². The Kier molecular flexibility index (Phi) is 6.70. The summed E-state index contributed by atoms with van der Waals surface area (Å²) >= 11 is 0. The van der Waals surface area contributed by atoms with Crippen LogP contribution >= 0.6 is 0 Å². The van der Waals surface area contributed by atoms with E-state index in [0.29, 0.717) is 12.8 Å². The molecule has 1 N–H and O–H groups in total. The molecule has 0 radical (unpaired) electrons. The summed E-state index contributed by atoms with van der Waals surface area (Å²) in [5.41, 5.74) is 4.03. The predicted octanol–water partition coefficient (Wildman–Crippen LogP) is 5.77. The van der Waals surface area contributed by atoms with E-state index in [4.69, 9.17) is 0 Å². The van der Waals surface area contributed by atoms with Gasteiger partial charge in [0.1, 0.15) is 11.5 Å². The number of phenols is 1. The fourth-order valence-corrected chi connectivity index (χ4v) is 3.30. The van der Waals surface area contributed by atoms with Crippen molar-refractivity contribution in [3.63, 3.8) is 0 Å². The predicted molar refractivity (Wildman–Crippen MR) is 106 cm³/mol. The summed E-state index contributed by atoms with van der Waals surface area (Å²) in [5, 5.41) is 9.39. The lowest BCUT2D eigenvalue weighted by atomic mass is 10.1. The van der Waals surface area contributed by atoms with Crippen molar-refractivity contribution in [1.29, 1.82) is 0 Å². The number of halogens is 4. The zero-order chi connectivity index (χ0) is 21.7. The number of hydrogen-bond acceptors (Lipinski definition) is 2. The summed E-state index contributed by atoms with van der Waals surface area (Å²) in [7, 11) is 0. The monoisotopic (exact) mass is 421 g/mol. The molecule has 1 heterocycles. The number of aromatic nitrogens is 1. The number of alkyl halides is 4. The van der Waals surface area contributed by atoms with Gasteiger partial charge in [0.15, 0.2) is 0 Å². The molecule has 0 aliphatic carbocycles. The Labute approximate surface area is 172 Å². The molecule has 0 fully saturated rings. The summed E-state index contributed by atoms with van der Waals surface area (Å²) in [6.07, 6.45) is -6.38. The molecule has 30 heavy (non-hydrogen) atoms. The van der Waals surface area contributed by atoms with Gasteiger partial charge in [-0.2, -0.15) is 17.6 Å². The second-order valence-corrected chi connectivity index (χ2v) is 7.15. The highest BCUT2D eigenvalue weighted by Crippen LogP contribution is 2.28. The number of hydrogen-bond donors (Lipinski definition) is 1. The van der Waals surface area contributed by atoms with Gasteiger partial charge in [-0.05, 0) is 73.7 Å². The second-order valence-electron chi connectivity index (χ2n) is 7.15. The van der Waals surface area contributed by atoms with Crippen molar-refractivity contribution in [3.05, 3.63) is 83.2 Å². The molecule has 0 saturated heterocycles. The Morgan fingerprint density at radius 1 is 0.933 bits per heavy atom. The lowest BCUT2D eigenvalue weighted by molar-refractivity contribution is -0.253. The molecule has 7 heteroatoms. The lowest BCUT2D eigenvalue weighted by Gasteiger charge is -2.17. The molecule has 160 valence electrons. The van der Waals surface area contributed by atoms with Crippen LogP contribution in [-0.4, -0.2) is 22.2 Å². The molecule has 3 nitrogen and oxygen atoms in total. The van der Waals surface area contributed by atoms with Crippen molar-refractivity contribution < 1.29 is 27.4 Å². The van der Waals surface area contributed by atoms with Crippen molar-refractivity contribution in [2.75, 3.05) is 0 Å². The van der Waals surface area contributed by atoms with E-state index in [-0.39, 0.29) is 11.5 Å². The molecule has 2 aromatic carbocycles. The lowest BCUT2D eigenvalue weighted by Crippen LogP contribution is -2.33. The van der Waals surface area contributed by atoms with Crippen LogP contribution in [-0.2, 0) is 25.8 Å². The topological polar surface area (TPSA) is 34.4 Å². The quantitative estimate of drug-likeness (QED) is 0.446. The summed E-state index contributed by atoms with van der Waals surface area (Å²) in [6, 6.07) is 17.0. The van der Waals surface area contributed by atoms with E-state index in [2.05, 4.69) is 9.30 Å². The molecule has 0 spiro atoms. The third-order valence-electron chi connectivity index (χ3n) is 4.93. The Hall–Kier alpha value is -2.96. The van der Waals surface area contributed by atoms with Crippen LogP contribution in [0.1, 0.15) is 22.5 Å². The molecule has 0 aliphatic heterocycles. The molecule has 1 aromatic heterocycles. The van der Waals surface area contributed by atoms with E-state index in [1.165, 1.54) is 18.2 Å². The van der Waals surface area contributed by atoms with Crippen molar-refractivity contribution in [3.8, 4) is 11.5 Å². The Balaban J connectivity index is 1.64. The number of aryl methyl sites for hydroxylation is 4. The molecule has 0 amide bonds. The van der Waals surface area contributed by atoms with Gasteiger partial charge in [-0.15, -0.1) is 0 Å². The van der Waals surface area contributed by atoms with E-state index < -0.39 is 12.5 Å². The number of phenolic OH excluding ortho intramolecular Hbond substituents is 1. The van der Waals surface area contributed by atoms with Crippen LogP contribution in [0.2, 0.25) is 0 Å². The molecule has 0 saturated carbocycles. The number of aromatic hydroxyl groups is 1. The Morgan fingerprint density at radius 3 is 2.37 bits per heavy atom. The van der Waals surface area contributed by atoms with Gasteiger partial charge in [-0.3, -0.25) is 0 Å². The summed E-state index contributed by atoms with van der Waals surface area (Å²) < 4.78 is 57.3. The van der Waals surface area contributed by atoms with Gasteiger partial charge in [0.05, 0.1) is 0 Å². The van der Waals surface area contributed by atoms with Crippen LogP contribution < -0.4 is 4.74 Å². The van der Waals surface area contributed by atoms with Gasteiger partial charge >= 0.3 is 12.5 Å². The van der Waals surface area contributed by atoms with E-state index in [9.17, 15) is 22.7 Å². The minimum atomic E-state index is -4.52. The highest BCUT2D eigenvalue weighted by Gasteiger charge is 2.43. The van der Waals surface area contributed by atoms with Crippen LogP contribution in [0.3, 0.4) is 0 Å². The van der Waals surface area contributed by atoms with Crippen LogP contribution in [0.15, 0.2) is 60.7 Å². The maximum atomic E-state index is 13.1. The highest BCUT2D eigenvalue weighted by molar-refractivity contribution is 5.30. The minimum Gasteiger partial charge on any atom is -0.508 e. The molecule has 0 unspecified atom stereocenters. The second kappa shape index (κ2) is 9.24. The smallest absolute Gasteiger partial charge is 0.461 e. The molecular weight excluding hydrogens is 398 g/mol. The summed E-state index contributed by atoms with van der Waals surface area (Å²) in [6.45, 7) is 2.78. The average Bonchev–Trinajstić information content (AvgIpc) is 3.05. The zero-order valence-electron chi connectivity index (χ0n) is 16.5. The number of nitrogens with zero attached hydrogens (tertiary/aromatic N) is 1. The first-order valence-electron chi connectivity index (χ1n) is 9.61. The summed E-state index contributed by atoms with van der Waals surface area (Å²) in [5.74, 6) is -0.0502. The number of ether oxygens (including phenoxy) is 1. The third-order valence-corrected chi connectivity index (χ3v) is 4.93. The molecule has 0 aliphatic rings. The maximum Gasteiger partial charge on any atom is 0.461 e. The first-order chi connectivity index (χ1) is 14.2. The van der Waals surface area contributed by atoms with Crippen molar-refractivity contribution in [1.82, 2.24) is 4.57 Å². The standard InChI is InChI=1S/C23H23F4NO2/c1-16-5-9-19(28(16)14-13-17-7-11-20(29)12-8-17)10-6-18-3-2-4-21(15-18)30-23(26,27)22(24)25/h2-5,7-9,11-12,15,22,29H,6,10,13-14H2,1H3. The van der Waals surface area contributed by atoms with Gasteiger partial charge in [-0.25, -0.2) is 0 Å². The van der Waals surface area contributed by atoms with Crippen LogP contribution in [0, 0.1) is 6.92 Å². The van der Waals surface area contributed by atoms with Gasteiger partial charge in [0.25, 0.3) is 0 Å². The highest BCUT2D eigenvalue weighted by atomic mass is 19.3. The third kappa shape index (κ3) is 5.55. The van der Waals surface area contributed by atoms with Crippen LogP contribution in [0.5, 0.6) is 11.5 Å². The molecular formula is C23H23F4NO2. The molecule has 3 aromatic rings. The SMILES string of the molecule is Cc1ccc(CCc2cccc(OC(F)(F)C(F)F)c2)n1CCc1ccc(O)cc1. The fraction of sp³-hybridized carbons (Fsp3) is 0.304. The van der Waals surface area contributed by atoms with Gasteiger partial charge in [-0.1, -0.05) is 24.3 Å². The van der Waals surface area contributed by atoms with E-state index in [0.717, 1.165) is 35.5 Å². The van der Waals surface area contributed by atoms with E-state index in [1.807, 2.05) is 31.2 Å². The van der Waals surface area contributed by atoms with Gasteiger partial charge < -0.3 is 14.4 Å². The van der Waals surface area contributed by atoms with Crippen molar-refractivity contribution in [2.24, 2.45) is 0 Å². The van der Waals surface area contributed by atoms with E-state index in [1.54, 1.807) is 18.2 Å². The average molecular weight is 421 g/mol. The first-order valence-corrected chi connectivity index (χ1v) is 9.61. The van der Waals surface area contributed by atoms with E-state index >= 15 is 0 Å². The first kappa shape index (κ1) is 21.7. The molecule has 0 atom stereocenters. The number of rotatable bonds is 9. The molecule has 0 bridgehead atoms. The summed E-state index contributed by atoms with van der Waals surface area (Å²) in [4.78, 5) is 0. The Morgan fingerprint density at radius 2 is 1.67 bits per heavy atom. The zero-order valence-corrected chi connectivity index (χ0v) is 16.5. The largest absolute Gasteiger partial charge is 0.508 e. The van der Waals surface area contributed by atoms with Crippen molar-refractivity contribution >= 4 is 0 Å².